The summed E-state index contributed by atoms with van der Waals surface area (Å²) in [7, 11) is 0. The second kappa shape index (κ2) is 9.07. The zero-order chi connectivity index (χ0) is 26.1. The minimum Gasteiger partial charge on any atom is -0.477 e. The highest BCUT2D eigenvalue weighted by molar-refractivity contribution is 5.93. The number of aromatic carboxylic acids is 1. The first-order valence-corrected chi connectivity index (χ1v) is 14.2. The molecule has 0 spiro atoms. The number of hydrogen-bond donors (Lipinski definition) is 2. The van der Waals surface area contributed by atoms with E-state index in [2.05, 4.69) is 10.2 Å². The average molecular weight is 523 g/mol. The molecule has 9 heteroatoms. The highest BCUT2D eigenvalue weighted by Crippen LogP contribution is 2.53. The Bertz CT molecular complexity index is 1330. The minimum atomic E-state index is -1.29. The smallest absolute Gasteiger partial charge is 0.341 e. The quantitative estimate of drug-likeness (QED) is 0.605. The van der Waals surface area contributed by atoms with E-state index in [0.717, 1.165) is 24.7 Å². The molecule has 202 valence electrons. The van der Waals surface area contributed by atoms with Crippen LogP contribution in [0.5, 0.6) is 0 Å². The molecular weight excluding hydrogens is 487 g/mol. The van der Waals surface area contributed by atoms with Gasteiger partial charge in [0, 0.05) is 49.8 Å². The number of benzene rings is 1. The maximum absolute atomic E-state index is 15.3. The molecule has 2 N–H and O–H groups in total. The van der Waals surface area contributed by atoms with E-state index in [4.69, 9.17) is 0 Å². The molecule has 1 saturated heterocycles. The molecule has 5 aliphatic carbocycles. The molecule has 6 fully saturated rings. The lowest BCUT2D eigenvalue weighted by atomic mass is 9.54. The van der Waals surface area contributed by atoms with Gasteiger partial charge in [0.2, 0.25) is 11.3 Å². The van der Waals surface area contributed by atoms with Crippen LogP contribution in [0.1, 0.15) is 61.3 Å². The summed E-state index contributed by atoms with van der Waals surface area (Å²) >= 11 is 0. The van der Waals surface area contributed by atoms with Crippen LogP contribution in [0.2, 0.25) is 0 Å². The Hall–Kier alpha value is -2.94. The molecule has 2 heterocycles. The molecule has 6 aliphatic rings. The molecule has 5 saturated carbocycles. The first kappa shape index (κ1) is 24.1. The van der Waals surface area contributed by atoms with Crippen molar-refractivity contribution in [2.45, 2.75) is 57.0 Å². The molecule has 1 amide bonds. The molecule has 1 aromatic heterocycles. The summed E-state index contributed by atoms with van der Waals surface area (Å²) in [6.07, 6.45) is 9.74. The summed E-state index contributed by atoms with van der Waals surface area (Å²) < 4.78 is 17.1. The monoisotopic (exact) mass is 522 g/mol. The fraction of sp³-hybridized carbons (Fsp3) is 0.621. The summed E-state index contributed by atoms with van der Waals surface area (Å²) in [6.45, 7) is 2.83. The zero-order valence-electron chi connectivity index (χ0n) is 21.6. The van der Waals surface area contributed by atoms with Crippen LogP contribution in [0.15, 0.2) is 23.1 Å². The van der Waals surface area contributed by atoms with Gasteiger partial charge >= 0.3 is 5.97 Å². The Labute approximate surface area is 220 Å². The molecule has 4 bridgehead atoms. The number of halogens is 1. The fourth-order valence-electron chi connectivity index (χ4n) is 8.15. The van der Waals surface area contributed by atoms with Gasteiger partial charge in [0.1, 0.15) is 11.4 Å². The average Bonchev–Trinajstić information content (AvgIpc) is 3.72. The van der Waals surface area contributed by atoms with Crippen molar-refractivity contribution < 1.29 is 19.1 Å². The van der Waals surface area contributed by atoms with E-state index in [1.165, 1.54) is 44.4 Å². The molecule has 8 nitrogen and oxygen atoms in total. The van der Waals surface area contributed by atoms with Crippen LogP contribution in [-0.2, 0) is 4.79 Å². The number of nitrogens with one attached hydrogen (secondary N) is 1. The van der Waals surface area contributed by atoms with E-state index >= 15 is 4.39 Å². The lowest BCUT2D eigenvalue weighted by molar-refractivity contribution is -0.126. The number of fused-ring (bicyclic) bond motifs is 1. The van der Waals surface area contributed by atoms with E-state index in [9.17, 15) is 19.5 Å². The fourth-order valence-corrected chi connectivity index (χ4v) is 8.15. The predicted molar refractivity (Wildman–Crippen MR) is 141 cm³/mol. The van der Waals surface area contributed by atoms with Gasteiger partial charge in [0.15, 0.2) is 0 Å². The largest absolute Gasteiger partial charge is 0.477 e. The van der Waals surface area contributed by atoms with Crippen molar-refractivity contribution in [3.8, 4) is 0 Å². The molecule has 1 aromatic carbocycles. The van der Waals surface area contributed by atoms with E-state index in [-0.39, 0.29) is 22.9 Å². The maximum Gasteiger partial charge on any atom is 0.341 e. The van der Waals surface area contributed by atoms with Crippen molar-refractivity contribution in [1.82, 2.24) is 14.8 Å². The van der Waals surface area contributed by atoms with Crippen LogP contribution in [0.25, 0.3) is 10.9 Å². The zero-order valence-corrected chi connectivity index (χ0v) is 21.6. The summed E-state index contributed by atoms with van der Waals surface area (Å²) in [5.41, 5.74) is 0.0327. The highest BCUT2D eigenvalue weighted by atomic mass is 19.1. The molecule has 1 aliphatic heterocycles. The Kier molecular flexibility index (Phi) is 5.76. The molecular formula is C29H35FN4O4. The summed E-state index contributed by atoms with van der Waals surface area (Å²) in [5.74, 6) is 1.37. The number of amides is 1. The topological polar surface area (TPSA) is 94.9 Å². The number of rotatable bonds is 6. The number of piperazine rings is 1. The number of carboxylic acids is 1. The van der Waals surface area contributed by atoms with Crippen LogP contribution >= 0.6 is 0 Å². The SMILES string of the molecule is O=C(CN1CCN(c2cc3c(cc2F)c(=O)c(C(=O)O)cn3C2CC2)CC1)NC1C2CC3CC(C2)CC1C3. The third-order valence-electron chi connectivity index (χ3n) is 9.91. The van der Waals surface area contributed by atoms with Crippen molar-refractivity contribution in [3.63, 3.8) is 0 Å². The number of aromatic nitrogens is 1. The van der Waals surface area contributed by atoms with Crippen LogP contribution < -0.4 is 15.6 Å². The van der Waals surface area contributed by atoms with E-state index in [1.54, 1.807) is 6.07 Å². The standard InChI is InChI=1S/C29H35FN4O4/c30-23-12-21-24(34(20-1-2-20)14-22(28(21)36)29(37)38)13-25(23)33-5-3-32(4-6-33)15-26(35)31-27-18-8-16-7-17(10-18)11-19(27)9-16/h12-14,16-20,27H,1-11,15H2,(H,31,35)(H,37,38). The van der Waals surface area contributed by atoms with E-state index in [0.29, 0.717) is 61.8 Å². The number of carboxylic acid groups (broad SMARTS) is 1. The van der Waals surface area contributed by atoms with Gasteiger partial charge in [-0.3, -0.25) is 14.5 Å². The summed E-state index contributed by atoms with van der Waals surface area (Å²) in [5, 5.41) is 13.0. The van der Waals surface area contributed by atoms with Crippen LogP contribution in [0.4, 0.5) is 10.1 Å². The van der Waals surface area contributed by atoms with Crippen molar-refractivity contribution in [2.24, 2.45) is 23.7 Å². The minimum absolute atomic E-state index is 0.107. The third kappa shape index (κ3) is 4.19. The van der Waals surface area contributed by atoms with Gasteiger partial charge in [0.05, 0.1) is 17.7 Å². The number of carbonyl (C=O) groups excluding carboxylic acids is 1. The van der Waals surface area contributed by atoms with Crippen LogP contribution in [-0.4, -0.2) is 65.2 Å². The van der Waals surface area contributed by atoms with Crippen molar-refractivity contribution in [1.29, 1.82) is 0 Å². The first-order chi connectivity index (χ1) is 18.3. The van der Waals surface area contributed by atoms with E-state index < -0.39 is 17.2 Å². The Balaban J connectivity index is 1.03. The van der Waals surface area contributed by atoms with Gasteiger partial charge in [-0.15, -0.1) is 0 Å². The van der Waals surface area contributed by atoms with Gasteiger partial charge < -0.3 is 19.9 Å². The van der Waals surface area contributed by atoms with E-state index in [1.807, 2.05) is 9.47 Å². The number of hydrogen-bond acceptors (Lipinski definition) is 5. The third-order valence-corrected chi connectivity index (χ3v) is 9.91. The number of anilines is 1. The first-order valence-electron chi connectivity index (χ1n) is 14.2. The maximum atomic E-state index is 15.3. The molecule has 2 aromatic rings. The van der Waals surface area contributed by atoms with Gasteiger partial charge in [0.25, 0.3) is 0 Å². The molecule has 0 atom stereocenters. The van der Waals surface area contributed by atoms with Crippen LogP contribution in [0.3, 0.4) is 0 Å². The lowest BCUT2D eigenvalue weighted by Gasteiger charge is -2.54. The van der Waals surface area contributed by atoms with Gasteiger partial charge in [-0.1, -0.05) is 0 Å². The van der Waals surface area contributed by atoms with Gasteiger partial charge in [-0.25, -0.2) is 9.18 Å². The normalized spacial score (nSPS) is 30.7. The summed E-state index contributed by atoms with van der Waals surface area (Å²) in [6, 6.07) is 3.38. The van der Waals surface area contributed by atoms with Gasteiger partial charge in [-0.2, -0.15) is 0 Å². The van der Waals surface area contributed by atoms with Crippen molar-refractivity contribution in [3.05, 3.63) is 39.9 Å². The lowest BCUT2D eigenvalue weighted by Crippen LogP contribution is -2.57. The van der Waals surface area contributed by atoms with Gasteiger partial charge in [-0.05, 0) is 80.8 Å². The predicted octanol–water partition coefficient (Wildman–Crippen LogP) is 3.24. The Morgan fingerprint density at radius 1 is 0.974 bits per heavy atom. The number of pyridine rings is 1. The highest BCUT2D eigenvalue weighted by Gasteiger charge is 2.48. The van der Waals surface area contributed by atoms with Crippen molar-refractivity contribution >= 4 is 28.5 Å². The van der Waals surface area contributed by atoms with Crippen LogP contribution in [0, 0.1) is 29.5 Å². The molecule has 38 heavy (non-hydrogen) atoms. The van der Waals surface area contributed by atoms with Crippen molar-refractivity contribution in [2.75, 3.05) is 37.6 Å². The second-order valence-electron chi connectivity index (χ2n) is 12.4. The molecule has 0 unspecified atom stereocenters. The summed E-state index contributed by atoms with van der Waals surface area (Å²) in [4.78, 5) is 41.4. The molecule has 8 rings (SSSR count). The Morgan fingerprint density at radius 3 is 2.24 bits per heavy atom. The molecule has 0 radical (unpaired) electrons. The number of carbonyl (C=O) groups is 2. The number of nitrogens with zero attached hydrogens (tertiary/aromatic N) is 3. The Morgan fingerprint density at radius 2 is 1.63 bits per heavy atom. The second-order valence-corrected chi connectivity index (χ2v) is 12.4.